The largest absolute Gasteiger partial charge is 0.472 e. The second-order valence-electron chi connectivity index (χ2n) is 12.6. The number of unbranched alkanes of at least 4 members (excludes halogenated alkanes) is 15. The van der Waals surface area contributed by atoms with Gasteiger partial charge in [0.1, 0.15) is 24.4 Å². The summed E-state index contributed by atoms with van der Waals surface area (Å²) in [6.07, 6.45) is 13.7. The van der Waals surface area contributed by atoms with Gasteiger partial charge in [0.2, 0.25) is 0 Å². The lowest BCUT2D eigenvalue weighted by Crippen LogP contribution is -2.57. The van der Waals surface area contributed by atoms with Crippen molar-refractivity contribution in [2.45, 2.75) is 167 Å². The molecule has 7 atom stereocenters. The molecule has 0 amide bonds. The Morgan fingerprint density at radius 1 is 0.744 bits per heavy atom. The number of rotatable bonds is 28. The van der Waals surface area contributed by atoms with Crippen LogP contribution in [0.1, 0.15) is 130 Å². The maximum Gasteiger partial charge on any atom is 0.472 e. The van der Waals surface area contributed by atoms with Gasteiger partial charge in [0.15, 0.2) is 0 Å². The molecular formula is C32H65O10P. The van der Waals surface area contributed by atoms with Crippen LogP contribution in [-0.4, -0.2) is 90.4 Å². The van der Waals surface area contributed by atoms with Crippen LogP contribution in [-0.2, 0) is 27.8 Å². The Morgan fingerprint density at radius 3 is 1.74 bits per heavy atom. The number of ether oxygens (including phenoxy) is 3. The smallest absolute Gasteiger partial charge is 0.390 e. The molecule has 4 N–H and O–H groups in total. The van der Waals surface area contributed by atoms with Gasteiger partial charge in [0.25, 0.3) is 0 Å². The molecular weight excluding hydrogens is 575 g/mol. The van der Waals surface area contributed by atoms with Crippen LogP contribution in [0.25, 0.3) is 0 Å². The van der Waals surface area contributed by atoms with Crippen molar-refractivity contribution in [3.63, 3.8) is 0 Å². The average Bonchev–Trinajstić information content (AvgIpc) is 2.97. The standard InChI is InChI=1S/C32H65O10P/c1-5-6-7-8-9-10-11-12-13-14-15-16-17-18-19-20-21-39-24-27(38-4)25-41-43(36,37)42-32-29(40-23-26(2)3)22-28(33)30(34)31(32)35/h26-35H,5-25H2,1-4H3,(H,36,37)/t27-,28-,29-,30+,31+,32-/m0/s1. The summed E-state index contributed by atoms with van der Waals surface area (Å²) in [5.74, 6) is 0.153. The predicted octanol–water partition coefficient (Wildman–Crippen LogP) is 6.31. The fraction of sp³-hybridized carbons (Fsp3) is 1.00. The summed E-state index contributed by atoms with van der Waals surface area (Å²) in [5, 5.41) is 30.5. The third-order valence-electron chi connectivity index (χ3n) is 8.02. The average molecular weight is 641 g/mol. The van der Waals surface area contributed by atoms with E-state index in [1.165, 1.54) is 97.0 Å². The van der Waals surface area contributed by atoms with E-state index in [-0.39, 0.29) is 25.6 Å². The van der Waals surface area contributed by atoms with Crippen molar-refractivity contribution in [3.05, 3.63) is 0 Å². The third-order valence-corrected chi connectivity index (χ3v) is 9.01. The summed E-state index contributed by atoms with van der Waals surface area (Å²) < 4.78 is 39.7. The zero-order valence-corrected chi connectivity index (χ0v) is 28.5. The van der Waals surface area contributed by atoms with Crippen LogP contribution in [0.2, 0.25) is 0 Å². The van der Waals surface area contributed by atoms with Crippen molar-refractivity contribution in [1.82, 2.24) is 0 Å². The van der Waals surface area contributed by atoms with Crippen LogP contribution in [0, 0.1) is 5.92 Å². The highest BCUT2D eigenvalue weighted by molar-refractivity contribution is 7.47. The molecule has 0 radical (unpaired) electrons. The molecule has 1 saturated carbocycles. The molecule has 0 spiro atoms. The Morgan fingerprint density at radius 2 is 1.26 bits per heavy atom. The minimum Gasteiger partial charge on any atom is -0.390 e. The van der Waals surface area contributed by atoms with Gasteiger partial charge in [-0.15, -0.1) is 0 Å². The van der Waals surface area contributed by atoms with Crippen LogP contribution in [0.4, 0.5) is 0 Å². The van der Waals surface area contributed by atoms with Crippen LogP contribution >= 0.6 is 7.82 Å². The molecule has 11 heteroatoms. The molecule has 258 valence electrons. The molecule has 0 saturated heterocycles. The molecule has 0 bridgehead atoms. The Bertz CT molecular complexity index is 697. The highest BCUT2D eigenvalue weighted by atomic mass is 31.2. The van der Waals surface area contributed by atoms with Crippen molar-refractivity contribution >= 4 is 7.82 Å². The Balaban J connectivity index is 2.14. The van der Waals surface area contributed by atoms with E-state index in [1.807, 2.05) is 13.8 Å². The monoisotopic (exact) mass is 640 g/mol. The number of aliphatic hydroxyl groups is 3. The first-order chi connectivity index (χ1) is 20.6. The van der Waals surface area contributed by atoms with E-state index in [0.717, 1.165) is 12.8 Å². The highest BCUT2D eigenvalue weighted by Crippen LogP contribution is 2.47. The zero-order valence-electron chi connectivity index (χ0n) is 27.6. The van der Waals surface area contributed by atoms with E-state index >= 15 is 0 Å². The fourth-order valence-corrected chi connectivity index (χ4v) is 6.26. The molecule has 1 aliphatic rings. The molecule has 0 aromatic carbocycles. The Hall–Kier alpha value is -0.130. The van der Waals surface area contributed by atoms with Gasteiger partial charge in [-0.1, -0.05) is 117 Å². The molecule has 0 aliphatic heterocycles. The summed E-state index contributed by atoms with van der Waals surface area (Å²) in [6, 6.07) is 0. The van der Waals surface area contributed by atoms with E-state index in [0.29, 0.717) is 13.2 Å². The van der Waals surface area contributed by atoms with E-state index in [9.17, 15) is 24.8 Å². The van der Waals surface area contributed by atoms with E-state index in [2.05, 4.69) is 6.92 Å². The topological polar surface area (TPSA) is 144 Å². The summed E-state index contributed by atoms with van der Waals surface area (Å²) in [4.78, 5) is 10.3. The van der Waals surface area contributed by atoms with Gasteiger partial charge < -0.3 is 34.4 Å². The third kappa shape index (κ3) is 19.9. The molecule has 0 aromatic heterocycles. The Kier molecular flexibility index (Phi) is 23.8. The van der Waals surface area contributed by atoms with Gasteiger partial charge in [-0.25, -0.2) is 4.57 Å². The number of methoxy groups -OCH3 is 1. The predicted molar refractivity (Wildman–Crippen MR) is 169 cm³/mol. The molecule has 10 nitrogen and oxygen atoms in total. The van der Waals surface area contributed by atoms with Gasteiger partial charge in [-0.05, 0) is 12.3 Å². The number of phosphoric ester groups is 1. The summed E-state index contributed by atoms with van der Waals surface area (Å²) in [5.41, 5.74) is 0. The molecule has 1 aliphatic carbocycles. The lowest BCUT2D eigenvalue weighted by molar-refractivity contribution is -0.188. The maximum absolute atomic E-state index is 12.7. The second kappa shape index (κ2) is 25.0. The normalized spacial score (nSPS) is 24.8. The minimum atomic E-state index is -4.64. The maximum atomic E-state index is 12.7. The van der Waals surface area contributed by atoms with Gasteiger partial charge in [-0.3, -0.25) is 9.05 Å². The minimum absolute atomic E-state index is 0.0521. The Labute approximate surface area is 261 Å². The van der Waals surface area contributed by atoms with E-state index in [1.54, 1.807) is 0 Å². The quantitative estimate of drug-likeness (QED) is 0.0567. The second-order valence-corrected chi connectivity index (χ2v) is 14.0. The molecule has 1 fully saturated rings. The van der Waals surface area contributed by atoms with Crippen molar-refractivity contribution in [2.75, 3.05) is 33.5 Å². The number of hydrogen-bond donors (Lipinski definition) is 4. The summed E-state index contributed by atoms with van der Waals surface area (Å²) in [7, 11) is -3.18. The van der Waals surface area contributed by atoms with Crippen molar-refractivity contribution in [3.8, 4) is 0 Å². The summed E-state index contributed by atoms with van der Waals surface area (Å²) >= 11 is 0. The van der Waals surface area contributed by atoms with Crippen LogP contribution in [0.5, 0.6) is 0 Å². The van der Waals surface area contributed by atoms with Gasteiger partial charge in [0.05, 0.1) is 25.4 Å². The lowest BCUT2D eigenvalue weighted by Gasteiger charge is -2.40. The van der Waals surface area contributed by atoms with Crippen LogP contribution in [0.3, 0.4) is 0 Å². The van der Waals surface area contributed by atoms with Crippen molar-refractivity contribution in [1.29, 1.82) is 0 Å². The van der Waals surface area contributed by atoms with Crippen LogP contribution < -0.4 is 0 Å². The lowest BCUT2D eigenvalue weighted by atomic mass is 9.87. The van der Waals surface area contributed by atoms with E-state index in [4.69, 9.17) is 23.3 Å². The van der Waals surface area contributed by atoms with Crippen molar-refractivity contribution in [2.24, 2.45) is 5.92 Å². The first-order valence-electron chi connectivity index (χ1n) is 17.0. The van der Waals surface area contributed by atoms with Gasteiger partial charge in [-0.2, -0.15) is 0 Å². The molecule has 0 heterocycles. The van der Waals surface area contributed by atoms with Gasteiger partial charge in [0, 0.05) is 26.7 Å². The van der Waals surface area contributed by atoms with E-state index < -0.39 is 44.4 Å². The molecule has 1 unspecified atom stereocenters. The molecule has 1 rings (SSSR count). The van der Waals surface area contributed by atoms with Gasteiger partial charge >= 0.3 is 7.82 Å². The summed E-state index contributed by atoms with van der Waals surface area (Å²) in [6.45, 7) is 6.93. The number of aliphatic hydroxyl groups excluding tert-OH is 3. The highest BCUT2D eigenvalue weighted by Gasteiger charge is 2.47. The zero-order chi connectivity index (χ0) is 31.9. The SMILES string of the molecule is CCCCCCCCCCCCCCCCCCOC[C@@H](COP(=O)(O)O[C@@H]1[C@H](O)[C@H](O)[C@@H](O)C[C@@H]1OCC(C)C)OC. The number of phosphoric acid groups is 1. The molecule has 43 heavy (non-hydrogen) atoms. The molecule has 0 aromatic rings. The fourth-order valence-electron chi connectivity index (χ4n) is 5.28. The number of hydrogen-bond acceptors (Lipinski definition) is 9. The van der Waals surface area contributed by atoms with Crippen molar-refractivity contribution < 1.29 is 48.0 Å². The first kappa shape index (κ1) is 40.9. The van der Waals surface area contributed by atoms with Crippen LogP contribution in [0.15, 0.2) is 0 Å². The first-order valence-corrected chi connectivity index (χ1v) is 18.5.